The number of guanidine groups is 2. The van der Waals surface area contributed by atoms with Gasteiger partial charge in [-0.25, -0.2) is 9.98 Å². The van der Waals surface area contributed by atoms with Gasteiger partial charge in [-0.3, -0.25) is 0 Å². The SMILES string of the molecule is CCc1cc(N=C2N(C(C)C)CCN2C(C)C)c2c(c1)N(C(C)(C)C)c1cc(CC)cc(N=C3N(C(C)C)CCN3C(C)C)c1O2. The second-order valence-corrected chi connectivity index (χ2v) is 15.2. The number of anilines is 2. The first kappa shape index (κ1) is 33.9. The molecule has 252 valence electrons. The van der Waals surface area contributed by atoms with Gasteiger partial charge in [0.1, 0.15) is 11.4 Å². The number of rotatable bonds is 8. The lowest BCUT2D eigenvalue weighted by Crippen LogP contribution is -2.41. The van der Waals surface area contributed by atoms with Crippen molar-refractivity contribution in [1.82, 2.24) is 19.6 Å². The zero-order chi connectivity index (χ0) is 33.7. The van der Waals surface area contributed by atoms with E-state index < -0.39 is 0 Å². The first-order valence-corrected chi connectivity index (χ1v) is 17.7. The van der Waals surface area contributed by atoms with Crippen LogP contribution in [0.1, 0.15) is 101 Å². The Morgan fingerprint density at radius 3 is 1.17 bits per heavy atom. The number of aliphatic imine (C=N–C) groups is 2. The second-order valence-electron chi connectivity index (χ2n) is 15.2. The van der Waals surface area contributed by atoms with E-state index in [9.17, 15) is 0 Å². The van der Waals surface area contributed by atoms with E-state index in [1.54, 1.807) is 0 Å². The molecular formula is C38H59N7O. The summed E-state index contributed by atoms with van der Waals surface area (Å²) in [5.74, 6) is 3.69. The molecule has 3 aliphatic rings. The maximum Gasteiger partial charge on any atom is 0.202 e. The minimum Gasteiger partial charge on any atom is -0.448 e. The first-order chi connectivity index (χ1) is 21.7. The van der Waals surface area contributed by atoms with Crippen LogP contribution in [0.15, 0.2) is 34.3 Å². The van der Waals surface area contributed by atoms with Crippen molar-refractivity contribution in [3.8, 4) is 11.5 Å². The number of aryl methyl sites for hydroxylation is 2. The van der Waals surface area contributed by atoms with E-state index in [1.807, 2.05) is 0 Å². The van der Waals surface area contributed by atoms with Gasteiger partial charge in [-0.05, 0) is 124 Å². The Labute approximate surface area is 279 Å². The average molecular weight is 630 g/mol. The summed E-state index contributed by atoms with van der Waals surface area (Å²) < 4.78 is 7.14. The van der Waals surface area contributed by atoms with Crippen LogP contribution in [0.4, 0.5) is 22.7 Å². The van der Waals surface area contributed by atoms with Crippen LogP contribution in [-0.2, 0) is 12.8 Å². The third kappa shape index (κ3) is 6.28. The maximum atomic E-state index is 7.14. The Morgan fingerprint density at radius 2 is 0.913 bits per heavy atom. The fourth-order valence-corrected chi connectivity index (χ4v) is 6.97. The molecule has 2 saturated heterocycles. The van der Waals surface area contributed by atoms with Crippen LogP contribution < -0.4 is 9.64 Å². The largest absolute Gasteiger partial charge is 0.448 e. The van der Waals surface area contributed by atoms with Gasteiger partial charge in [0.25, 0.3) is 0 Å². The van der Waals surface area contributed by atoms with Crippen LogP contribution in [0, 0.1) is 0 Å². The molecular weight excluding hydrogens is 570 g/mol. The fraction of sp³-hybridized carbons (Fsp3) is 0.632. The molecule has 8 heteroatoms. The van der Waals surface area contributed by atoms with Gasteiger partial charge in [0.15, 0.2) is 11.5 Å². The molecule has 2 fully saturated rings. The van der Waals surface area contributed by atoms with Crippen molar-refractivity contribution >= 4 is 34.7 Å². The summed E-state index contributed by atoms with van der Waals surface area (Å²) in [5.41, 5.74) is 6.20. The highest BCUT2D eigenvalue weighted by atomic mass is 16.5. The van der Waals surface area contributed by atoms with E-state index in [1.165, 1.54) is 11.1 Å². The maximum absolute atomic E-state index is 7.14. The number of ether oxygens (including phenoxy) is 1. The van der Waals surface area contributed by atoms with Crippen molar-refractivity contribution in [2.75, 3.05) is 31.1 Å². The van der Waals surface area contributed by atoms with E-state index in [2.05, 4.69) is 139 Å². The lowest BCUT2D eigenvalue weighted by atomic mass is 9.97. The van der Waals surface area contributed by atoms with Crippen molar-refractivity contribution in [3.05, 3.63) is 35.4 Å². The average Bonchev–Trinajstić information content (AvgIpc) is 3.60. The number of benzene rings is 2. The Bertz CT molecular complexity index is 1340. The molecule has 5 rings (SSSR count). The van der Waals surface area contributed by atoms with E-state index in [0.29, 0.717) is 24.2 Å². The van der Waals surface area contributed by atoms with Crippen LogP contribution in [0.5, 0.6) is 11.5 Å². The third-order valence-corrected chi connectivity index (χ3v) is 9.52. The Hall–Kier alpha value is -3.42. The molecule has 2 aromatic rings. The number of nitrogens with zero attached hydrogens (tertiary/aromatic N) is 7. The molecule has 0 N–H and O–H groups in total. The molecule has 0 spiro atoms. The van der Waals surface area contributed by atoms with Crippen LogP contribution in [-0.4, -0.2) is 87.4 Å². The second kappa shape index (κ2) is 13.0. The lowest BCUT2D eigenvalue weighted by Gasteiger charge is -2.43. The zero-order valence-corrected chi connectivity index (χ0v) is 30.9. The van der Waals surface area contributed by atoms with E-state index in [4.69, 9.17) is 14.7 Å². The van der Waals surface area contributed by atoms with Crippen LogP contribution in [0.25, 0.3) is 0 Å². The molecule has 46 heavy (non-hydrogen) atoms. The molecule has 8 nitrogen and oxygen atoms in total. The summed E-state index contributed by atoms with van der Waals surface area (Å²) >= 11 is 0. The molecule has 0 saturated carbocycles. The summed E-state index contributed by atoms with van der Waals surface area (Å²) in [7, 11) is 0. The van der Waals surface area contributed by atoms with E-state index in [0.717, 1.165) is 85.2 Å². The van der Waals surface area contributed by atoms with Crippen LogP contribution >= 0.6 is 0 Å². The van der Waals surface area contributed by atoms with Gasteiger partial charge in [0, 0.05) is 55.9 Å². The highest BCUT2D eigenvalue weighted by molar-refractivity contribution is 5.93. The molecule has 3 aliphatic heterocycles. The zero-order valence-electron chi connectivity index (χ0n) is 30.9. The molecule has 2 aromatic carbocycles. The predicted molar refractivity (Wildman–Crippen MR) is 195 cm³/mol. The van der Waals surface area contributed by atoms with E-state index in [-0.39, 0.29) is 5.54 Å². The summed E-state index contributed by atoms with van der Waals surface area (Å²) in [6.45, 7) is 33.3. The van der Waals surface area contributed by atoms with E-state index >= 15 is 0 Å². The van der Waals surface area contributed by atoms with Crippen molar-refractivity contribution in [2.24, 2.45) is 9.98 Å². The monoisotopic (exact) mass is 629 g/mol. The Morgan fingerprint density at radius 1 is 0.587 bits per heavy atom. The van der Waals surface area contributed by atoms with Crippen molar-refractivity contribution in [1.29, 1.82) is 0 Å². The normalized spacial score (nSPS) is 16.8. The van der Waals surface area contributed by atoms with Crippen LogP contribution in [0.2, 0.25) is 0 Å². The smallest absolute Gasteiger partial charge is 0.202 e. The topological polar surface area (TPSA) is 50.2 Å². The summed E-state index contributed by atoms with van der Waals surface area (Å²) in [5, 5.41) is 0. The van der Waals surface area contributed by atoms with Gasteiger partial charge in [0.05, 0.1) is 11.4 Å². The summed E-state index contributed by atoms with van der Waals surface area (Å²) in [6.07, 6.45) is 1.84. The number of hydrogen-bond donors (Lipinski definition) is 0. The third-order valence-electron chi connectivity index (χ3n) is 9.52. The predicted octanol–water partition coefficient (Wildman–Crippen LogP) is 8.70. The van der Waals surface area contributed by atoms with Crippen molar-refractivity contribution in [2.45, 2.75) is 133 Å². The summed E-state index contributed by atoms with van der Waals surface area (Å²) in [6, 6.07) is 10.5. The number of fused-ring (bicyclic) bond motifs is 2. The minimum absolute atomic E-state index is 0.219. The summed E-state index contributed by atoms with van der Waals surface area (Å²) in [4.78, 5) is 23.1. The van der Waals surface area contributed by atoms with Gasteiger partial charge in [-0.2, -0.15) is 0 Å². The molecule has 0 aliphatic carbocycles. The highest BCUT2D eigenvalue weighted by Crippen LogP contribution is 2.57. The number of hydrogen-bond acceptors (Lipinski definition) is 4. The van der Waals surface area contributed by atoms with Gasteiger partial charge >= 0.3 is 0 Å². The van der Waals surface area contributed by atoms with Gasteiger partial charge in [-0.15, -0.1) is 0 Å². The Kier molecular flexibility index (Phi) is 9.59. The van der Waals surface area contributed by atoms with Gasteiger partial charge in [-0.1, -0.05) is 13.8 Å². The molecule has 0 radical (unpaired) electrons. The molecule has 0 bridgehead atoms. The lowest BCUT2D eigenvalue weighted by molar-refractivity contribution is 0.376. The van der Waals surface area contributed by atoms with Gasteiger partial charge in [0.2, 0.25) is 11.9 Å². The minimum atomic E-state index is -0.219. The molecule has 0 amide bonds. The quantitative estimate of drug-likeness (QED) is 0.291. The first-order valence-electron chi connectivity index (χ1n) is 17.7. The standard InChI is InChI=1S/C38H59N7O/c1-14-28-20-30(39-36-41(24(3)4)16-17-42(36)25(5)6)34-32(22-28)45(38(11,12)13)33-23-29(15-2)21-31(35(33)46-34)40-37-43(26(7)8)18-19-44(37)27(9)10/h20-27H,14-19H2,1-13H3. The molecule has 0 aromatic heterocycles. The molecule has 0 unspecified atom stereocenters. The van der Waals surface area contributed by atoms with Gasteiger partial charge < -0.3 is 29.2 Å². The fourth-order valence-electron chi connectivity index (χ4n) is 6.97. The highest BCUT2D eigenvalue weighted by Gasteiger charge is 2.38. The van der Waals surface area contributed by atoms with Crippen LogP contribution in [0.3, 0.4) is 0 Å². The van der Waals surface area contributed by atoms with Crippen molar-refractivity contribution in [3.63, 3.8) is 0 Å². The Balaban J connectivity index is 1.78. The molecule has 0 atom stereocenters. The van der Waals surface area contributed by atoms with Crippen molar-refractivity contribution < 1.29 is 4.74 Å². The molecule has 3 heterocycles.